The third-order valence-electron chi connectivity index (χ3n) is 10.8. The lowest BCUT2D eigenvalue weighted by Gasteiger charge is -2.49. The minimum atomic E-state index is -5.23. The van der Waals surface area contributed by atoms with Gasteiger partial charge in [-0.1, -0.05) is 35.4 Å². The van der Waals surface area contributed by atoms with E-state index in [-0.39, 0.29) is 35.4 Å². The SMILES string of the molecule is Cc1cc(C2C3=CCC4C(=O)N(c5cc(C(F)(F)F)cc(C(F)(F)F)c5)C(=O)C4C3CC3C(=O)N(c4ccc(F)c(Cl)c4)C(=O)C32C)ccc1O. The summed E-state index contributed by atoms with van der Waals surface area (Å²) in [5.41, 5.74) is -4.43. The van der Waals surface area contributed by atoms with Crippen LogP contribution in [0.3, 0.4) is 0 Å². The van der Waals surface area contributed by atoms with E-state index in [1.165, 1.54) is 12.1 Å². The lowest BCUT2D eigenvalue weighted by molar-refractivity contribution is -0.143. The van der Waals surface area contributed by atoms with Gasteiger partial charge in [-0.25, -0.2) is 14.2 Å². The van der Waals surface area contributed by atoms with Gasteiger partial charge < -0.3 is 5.11 Å². The highest BCUT2D eigenvalue weighted by Crippen LogP contribution is 2.64. The van der Waals surface area contributed by atoms with Gasteiger partial charge >= 0.3 is 12.4 Å². The number of hydrogen-bond donors (Lipinski definition) is 1. The summed E-state index contributed by atoms with van der Waals surface area (Å²) in [7, 11) is 0. The van der Waals surface area contributed by atoms with E-state index in [0.29, 0.717) is 33.7 Å². The molecule has 0 spiro atoms. The second-order valence-electron chi connectivity index (χ2n) is 13.6. The van der Waals surface area contributed by atoms with Crippen LogP contribution in [0.4, 0.5) is 42.1 Å². The third kappa shape index (κ3) is 5.15. The molecule has 6 atom stereocenters. The number of fused-ring (bicyclic) bond motifs is 4. The number of nitrogens with zero attached hydrogens (tertiary/aromatic N) is 2. The summed E-state index contributed by atoms with van der Waals surface area (Å²) in [5, 5.41) is 9.96. The first-order valence-electron chi connectivity index (χ1n) is 15.7. The maximum Gasteiger partial charge on any atom is 0.416 e. The van der Waals surface area contributed by atoms with E-state index < -0.39 is 93.6 Å². The fourth-order valence-corrected chi connectivity index (χ4v) is 8.62. The molecule has 7 rings (SSSR count). The van der Waals surface area contributed by atoms with E-state index in [1.54, 1.807) is 32.1 Å². The number of aromatic hydroxyl groups is 1. The van der Waals surface area contributed by atoms with Crippen molar-refractivity contribution in [2.75, 3.05) is 9.80 Å². The molecule has 4 aliphatic rings. The Morgan fingerprint density at radius 1 is 0.804 bits per heavy atom. The van der Waals surface area contributed by atoms with Gasteiger partial charge in [-0.2, -0.15) is 26.3 Å². The molecule has 2 heterocycles. The molecule has 0 aromatic heterocycles. The number of anilines is 2. The Balaban J connectivity index is 1.36. The number of carbonyl (C=O) groups excluding carboxylic acids is 4. The Kier molecular flexibility index (Phi) is 7.75. The number of alkyl halides is 6. The molecule has 3 aromatic carbocycles. The van der Waals surface area contributed by atoms with Gasteiger partial charge in [-0.3, -0.25) is 19.2 Å². The number of halogens is 8. The van der Waals surface area contributed by atoms with Crippen LogP contribution in [0.5, 0.6) is 5.75 Å². The standard InChI is InChI=1S/C36H26ClF7N2O5/c1-15-9-16(3-8-27(15)47)29-21-5-6-22-28(32(50)45(30(22)48)20-11-17(35(39,40)41)10-18(12-20)36(42,43)44)23(21)14-24-31(49)46(33(51)34(24,29)2)19-4-7-26(38)25(37)13-19/h3-5,7-13,22-24,28-29,47H,6,14H2,1-2H3. The lowest BCUT2D eigenvalue weighted by atomic mass is 9.51. The summed E-state index contributed by atoms with van der Waals surface area (Å²) in [6.07, 6.45) is -9.12. The summed E-state index contributed by atoms with van der Waals surface area (Å²) in [6.45, 7) is 3.19. The second-order valence-corrected chi connectivity index (χ2v) is 14.0. The van der Waals surface area contributed by atoms with Crippen LogP contribution >= 0.6 is 11.6 Å². The third-order valence-corrected chi connectivity index (χ3v) is 11.1. The molecular formula is C36H26ClF7N2O5. The predicted molar refractivity (Wildman–Crippen MR) is 168 cm³/mol. The quantitative estimate of drug-likeness (QED) is 0.167. The highest BCUT2D eigenvalue weighted by Gasteiger charge is 2.67. The van der Waals surface area contributed by atoms with Crippen molar-refractivity contribution in [2.45, 2.75) is 45.0 Å². The van der Waals surface area contributed by atoms with Crippen molar-refractivity contribution in [2.24, 2.45) is 29.1 Å². The van der Waals surface area contributed by atoms with Crippen LogP contribution in [0.2, 0.25) is 5.02 Å². The number of aryl methyl sites for hydroxylation is 1. The molecule has 3 aromatic rings. The fraction of sp³-hybridized carbons (Fsp3) is 0.333. The molecule has 2 aliphatic heterocycles. The molecule has 0 bridgehead atoms. The van der Waals surface area contributed by atoms with E-state index in [0.717, 1.165) is 17.0 Å². The zero-order chi connectivity index (χ0) is 37.1. The number of phenols is 1. The first-order chi connectivity index (χ1) is 23.7. The number of benzene rings is 3. The smallest absolute Gasteiger partial charge is 0.416 e. The number of hydrogen-bond acceptors (Lipinski definition) is 5. The fourth-order valence-electron chi connectivity index (χ4n) is 8.45. The summed E-state index contributed by atoms with van der Waals surface area (Å²) in [6, 6.07) is 8.43. The molecule has 1 N–H and O–H groups in total. The predicted octanol–water partition coefficient (Wildman–Crippen LogP) is 7.97. The molecule has 3 fully saturated rings. The minimum Gasteiger partial charge on any atom is -0.508 e. The van der Waals surface area contributed by atoms with Crippen molar-refractivity contribution >= 4 is 46.6 Å². The summed E-state index contributed by atoms with van der Waals surface area (Å²) >= 11 is 6.00. The van der Waals surface area contributed by atoms with E-state index >= 15 is 0 Å². The largest absolute Gasteiger partial charge is 0.508 e. The van der Waals surface area contributed by atoms with Gasteiger partial charge in [0.05, 0.1) is 50.7 Å². The molecule has 4 amide bonds. The Morgan fingerprint density at radius 2 is 1.45 bits per heavy atom. The van der Waals surface area contributed by atoms with E-state index in [9.17, 15) is 55.0 Å². The maximum absolute atomic E-state index is 14.5. The normalized spacial score (nSPS) is 27.8. The summed E-state index contributed by atoms with van der Waals surface area (Å²) in [5.74, 6) is -9.71. The van der Waals surface area contributed by atoms with Crippen molar-refractivity contribution in [1.82, 2.24) is 0 Å². The second kappa shape index (κ2) is 11.4. The molecule has 0 radical (unpaired) electrons. The monoisotopic (exact) mass is 734 g/mol. The highest BCUT2D eigenvalue weighted by atomic mass is 35.5. The first kappa shape index (κ1) is 34.7. The van der Waals surface area contributed by atoms with Crippen molar-refractivity contribution in [3.8, 4) is 5.75 Å². The average Bonchev–Trinajstić information content (AvgIpc) is 3.42. The molecule has 2 saturated heterocycles. The van der Waals surface area contributed by atoms with E-state index in [2.05, 4.69) is 0 Å². The van der Waals surface area contributed by atoms with Crippen LogP contribution in [-0.2, 0) is 31.5 Å². The molecule has 6 unspecified atom stereocenters. The molecule has 2 aliphatic carbocycles. The minimum absolute atomic E-state index is 0.00852. The van der Waals surface area contributed by atoms with Crippen LogP contribution in [-0.4, -0.2) is 28.7 Å². The zero-order valence-electron chi connectivity index (χ0n) is 26.6. The van der Waals surface area contributed by atoms with Crippen LogP contribution < -0.4 is 9.80 Å². The Labute approximate surface area is 290 Å². The zero-order valence-corrected chi connectivity index (χ0v) is 27.3. The Hall–Kier alpha value is -4.72. The number of rotatable bonds is 3. The molecule has 7 nitrogen and oxygen atoms in total. The average molecular weight is 735 g/mol. The van der Waals surface area contributed by atoms with Gasteiger partial charge in [0, 0.05) is 5.92 Å². The number of allylic oxidation sites excluding steroid dienone is 2. The van der Waals surface area contributed by atoms with Gasteiger partial charge in [0.25, 0.3) is 0 Å². The Bertz CT molecular complexity index is 2060. The Morgan fingerprint density at radius 3 is 2.04 bits per heavy atom. The highest BCUT2D eigenvalue weighted by molar-refractivity contribution is 6.32. The van der Waals surface area contributed by atoms with E-state index in [1.807, 2.05) is 0 Å². The van der Waals surface area contributed by atoms with Gasteiger partial charge in [-0.05, 0) is 86.2 Å². The maximum atomic E-state index is 14.5. The van der Waals surface area contributed by atoms with Crippen LogP contribution in [0.25, 0.3) is 0 Å². The molecule has 15 heteroatoms. The van der Waals surface area contributed by atoms with Crippen molar-refractivity contribution in [3.05, 3.63) is 99.3 Å². The van der Waals surface area contributed by atoms with Crippen LogP contribution in [0.15, 0.2) is 66.2 Å². The van der Waals surface area contributed by atoms with Gasteiger partial charge in [0.1, 0.15) is 11.6 Å². The number of imide groups is 2. The van der Waals surface area contributed by atoms with Gasteiger partial charge in [0.2, 0.25) is 23.6 Å². The van der Waals surface area contributed by atoms with E-state index in [4.69, 9.17) is 11.6 Å². The first-order valence-corrected chi connectivity index (χ1v) is 16.1. The summed E-state index contributed by atoms with van der Waals surface area (Å²) < 4.78 is 96.6. The lowest BCUT2D eigenvalue weighted by Crippen LogP contribution is -2.48. The molecular weight excluding hydrogens is 709 g/mol. The number of carbonyl (C=O) groups is 4. The van der Waals surface area contributed by atoms with Crippen molar-refractivity contribution in [3.63, 3.8) is 0 Å². The topological polar surface area (TPSA) is 95.0 Å². The molecule has 51 heavy (non-hydrogen) atoms. The number of amides is 4. The van der Waals surface area contributed by atoms with Crippen LogP contribution in [0.1, 0.15) is 47.9 Å². The van der Waals surface area contributed by atoms with Gasteiger partial charge in [0.15, 0.2) is 0 Å². The van der Waals surface area contributed by atoms with Crippen LogP contribution in [0, 0.1) is 41.8 Å². The molecule has 266 valence electrons. The van der Waals surface area contributed by atoms with Crippen molar-refractivity contribution in [1.29, 1.82) is 0 Å². The summed E-state index contributed by atoms with van der Waals surface area (Å²) in [4.78, 5) is 58.0. The molecule has 1 saturated carbocycles. The van der Waals surface area contributed by atoms with Gasteiger partial charge in [-0.15, -0.1) is 0 Å². The number of phenolic OH excluding ortho intramolecular Hbond substituents is 1. The van der Waals surface area contributed by atoms with Crippen molar-refractivity contribution < 1.29 is 55.0 Å².